The molecule has 0 aromatic heterocycles. The summed E-state index contributed by atoms with van der Waals surface area (Å²) >= 11 is 0. The average molecular weight is 207 g/mol. The van der Waals surface area contributed by atoms with E-state index in [9.17, 15) is 8.42 Å². The summed E-state index contributed by atoms with van der Waals surface area (Å²) in [7, 11) is -3.10. The van der Waals surface area contributed by atoms with Crippen molar-refractivity contribution in [2.24, 2.45) is 11.7 Å². The lowest BCUT2D eigenvalue weighted by Crippen LogP contribution is -2.28. The Balaban J connectivity index is 2.16. The summed E-state index contributed by atoms with van der Waals surface area (Å²) in [6, 6.07) is -0.311. The molecule has 1 saturated carbocycles. The van der Waals surface area contributed by atoms with Crippen molar-refractivity contribution in [2.75, 3.05) is 18.3 Å². The fourth-order valence-corrected chi connectivity index (χ4v) is 2.32. The lowest BCUT2D eigenvalue weighted by molar-refractivity contribution is 0.165. The normalized spacial score (nSPS) is 20.2. The van der Waals surface area contributed by atoms with Crippen LogP contribution in [0.25, 0.3) is 0 Å². The first-order chi connectivity index (χ1) is 5.99. The highest BCUT2D eigenvalue weighted by Gasteiger charge is 2.22. The Morgan fingerprint density at radius 1 is 1.54 bits per heavy atom. The van der Waals surface area contributed by atoms with Gasteiger partial charge in [-0.1, -0.05) is 0 Å². The molecule has 0 heterocycles. The Kier molecular flexibility index (Phi) is 3.70. The van der Waals surface area contributed by atoms with Gasteiger partial charge in [0.15, 0.2) is 9.84 Å². The van der Waals surface area contributed by atoms with Crippen LogP contribution in [0.3, 0.4) is 0 Å². The highest BCUT2D eigenvalue weighted by Crippen LogP contribution is 2.28. The topological polar surface area (TPSA) is 69.4 Å². The average Bonchev–Trinajstić information content (AvgIpc) is 2.67. The molecule has 2 N–H and O–H groups in total. The standard InChI is InChI=1S/C8H17NO3S/c1-7(9)5-13(10,11)6-12-4-8-2-3-8/h7-8H,2-6,9H2,1H3. The van der Waals surface area contributed by atoms with Gasteiger partial charge in [-0.05, 0) is 25.7 Å². The molecule has 0 aliphatic heterocycles. The zero-order valence-electron chi connectivity index (χ0n) is 7.90. The van der Waals surface area contributed by atoms with Crippen molar-refractivity contribution in [3.8, 4) is 0 Å². The zero-order chi connectivity index (χ0) is 9.90. The maximum absolute atomic E-state index is 11.2. The summed E-state index contributed by atoms with van der Waals surface area (Å²) in [5, 5.41) is 0. The molecule has 4 nitrogen and oxygen atoms in total. The maximum Gasteiger partial charge on any atom is 0.175 e. The number of ether oxygens (including phenoxy) is 1. The number of hydrogen-bond acceptors (Lipinski definition) is 4. The van der Waals surface area contributed by atoms with E-state index in [0.717, 1.165) is 0 Å². The second kappa shape index (κ2) is 4.39. The van der Waals surface area contributed by atoms with Crippen LogP contribution < -0.4 is 5.73 Å². The summed E-state index contributed by atoms with van der Waals surface area (Å²) < 4.78 is 27.6. The minimum Gasteiger partial charge on any atom is -0.365 e. The predicted molar refractivity (Wildman–Crippen MR) is 51.0 cm³/mol. The Hall–Kier alpha value is -0.130. The van der Waals surface area contributed by atoms with Gasteiger partial charge in [-0.25, -0.2) is 8.42 Å². The van der Waals surface area contributed by atoms with Gasteiger partial charge in [0, 0.05) is 6.04 Å². The second-order valence-electron chi connectivity index (χ2n) is 3.82. The third-order valence-electron chi connectivity index (χ3n) is 1.83. The van der Waals surface area contributed by atoms with Gasteiger partial charge >= 0.3 is 0 Å². The summed E-state index contributed by atoms with van der Waals surface area (Å²) in [6.45, 7) is 2.26. The Morgan fingerprint density at radius 3 is 2.62 bits per heavy atom. The van der Waals surface area contributed by atoms with Crippen LogP contribution in [0.15, 0.2) is 0 Å². The van der Waals surface area contributed by atoms with Crippen LogP contribution in [0.2, 0.25) is 0 Å². The SMILES string of the molecule is CC(N)CS(=O)(=O)COCC1CC1. The van der Waals surface area contributed by atoms with Crippen molar-refractivity contribution < 1.29 is 13.2 Å². The van der Waals surface area contributed by atoms with Gasteiger partial charge in [0.25, 0.3) is 0 Å². The third kappa shape index (κ3) is 5.23. The Morgan fingerprint density at radius 2 is 2.15 bits per heavy atom. The monoisotopic (exact) mass is 207 g/mol. The van der Waals surface area contributed by atoms with Gasteiger partial charge < -0.3 is 10.5 Å². The predicted octanol–water partition coefficient (Wildman–Crippen LogP) is 0.132. The fraction of sp³-hybridized carbons (Fsp3) is 1.00. The van der Waals surface area contributed by atoms with Crippen LogP contribution in [0, 0.1) is 5.92 Å². The molecule has 0 radical (unpaired) electrons. The van der Waals surface area contributed by atoms with Crippen LogP contribution in [0.4, 0.5) is 0 Å². The first-order valence-electron chi connectivity index (χ1n) is 4.53. The van der Waals surface area contributed by atoms with Crippen molar-refractivity contribution >= 4 is 9.84 Å². The number of nitrogens with two attached hydrogens (primary N) is 1. The van der Waals surface area contributed by atoms with Crippen LogP contribution >= 0.6 is 0 Å². The van der Waals surface area contributed by atoms with E-state index in [2.05, 4.69) is 0 Å². The van der Waals surface area contributed by atoms with Crippen molar-refractivity contribution in [3.05, 3.63) is 0 Å². The molecule has 0 bridgehead atoms. The van der Waals surface area contributed by atoms with Gasteiger partial charge in [0.1, 0.15) is 5.94 Å². The van der Waals surface area contributed by atoms with E-state index >= 15 is 0 Å². The van der Waals surface area contributed by atoms with Gasteiger partial charge in [-0.2, -0.15) is 0 Å². The van der Waals surface area contributed by atoms with E-state index in [1.54, 1.807) is 6.92 Å². The van der Waals surface area contributed by atoms with Crippen LogP contribution in [0.1, 0.15) is 19.8 Å². The molecular weight excluding hydrogens is 190 g/mol. The van der Waals surface area contributed by atoms with E-state index in [-0.39, 0.29) is 17.7 Å². The van der Waals surface area contributed by atoms with Crippen molar-refractivity contribution in [1.29, 1.82) is 0 Å². The molecule has 78 valence electrons. The molecule has 0 spiro atoms. The number of sulfone groups is 1. The molecule has 1 aliphatic carbocycles. The summed E-state index contributed by atoms with van der Waals surface area (Å²) in [5.74, 6) is 0.438. The van der Waals surface area contributed by atoms with E-state index in [1.165, 1.54) is 12.8 Å². The van der Waals surface area contributed by atoms with E-state index in [0.29, 0.717) is 12.5 Å². The van der Waals surface area contributed by atoms with Crippen LogP contribution in [-0.4, -0.2) is 32.8 Å². The summed E-state index contributed by atoms with van der Waals surface area (Å²) in [4.78, 5) is 0. The van der Waals surface area contributed by atoms with Crippen molar-refractivity contribution in [2.45, 2.75) is 25.8 Å². The first kappa shape index (κ1) is 10.9. The van der Waals surface area contributed by atoms with Crippen molar-refractivity contribution in [1.82, 2.24) is 0 Å². The minimum atomic E-state index is -3.10. The van der Waals surface area contributed by atoms with E-state index in [4.69, 9.17) is 10.5 Å². The Bertz CT molecular complexity index is 244. The molecule has 1 unspecified atom stereocenters. The third-order valence-corrected chi connectivity index (χ3v) is 3.39. The van der Waals surface area contributed by atoms with Gasteiger partial charge in [0.05, 0.1) is 12.4 Å². The van der Waals surface area contributed by atoms with Gasteiger partial charge in [0.2, 0.25) is 0 Å². The smallest absolute Gasteiger partial charge is 0.175 e. The van der Waals surface area contributed by atoms with Gasteiger partial charge in [-0.3, -0.25) is 0 Å². The lowest BCUT2D eigenvalue weighted by atomic mass is 10.4. The highest BCUT2D eigenvalue weighted by molar-refractivity contribution is 7.91. The molecule has 1 rings (SSSR count). The van der Waals surface area contributed by atoms with E-state index in [1.807, 2.05) is 0 Å². The maximum atomic E-state index is 11.2. The highest BCUT2D eigenvalue weighted by atomic mass is 32.2. The molecule has 1 fully saturated rings. The molecule has 1 aliphatic rings. The van der Waals surface area contributed by atoms with Crippen molar-refractivity contribution in [3.63, 3.8) is 0 Å². The molecular formula is C8H17NO3S. The van der Waals surface area contributed by atoms with Crippen LogP contribution in [-0.2, 0) is 14.6 Å². The number of hydrogen-bond donors (Lipinski definition) is 1. The van der Waals surface area contributed by atoms with Crippen LogP contribution in [0.5, 0.6) is 0 Å². The van der Waals surface area contributed by atoms with Gasteiger partial charge in [-0.15, -0.1) is 0 Å². The number of rotatable bonds is 6. The molecule has 1 atom stereocenters. The lowest BCUT2D eigenvalue weighted by Gasteiger charge is -2.07. The quantitative estimate of drug-likeness (QED) is 0.672. The largest absolute Gasteiger partial charge is 0.365 e. The summed E-state index contributed by atoms with van der Waals surface area (Å²) in [5.41, 5.74) is 5.39. The summed E-state index contributed by atoms with van der Waals surface area (Å²) in [6.07, 6.45) is 2.35. The Labute approximate surface area is 79.4 Å². The second-order valence-corrected chi connectivity index (χ2v) is 5.88. The first-order valence-corrected chi connectivity index (χ1v) is 6.35. The molecule has 0 amide bonds. The molecule has 0 saturated heterocycles. The minimum absolute atomic E-state index is 0.0116. The fourth-order valence-electron chi connectivity index (χ4n) is 1.07. The molecule has 5 heteroatoms. The molecule has 0 aromatic carbocycles. The molecule has 13 heavy (non-hydrogen) atoms. The van der Waals surface area contributed by atoms with E-state index < -0.39 is 9.84 Å². The molecule has 0 aromatic rings. The zero-order valence-corrected chi connectivity index (χ0v) is 8.72.